The van der Waals surface area contributed by atoms with E-state index >= 15 is 0 Å². The van der Waals surface area contributed by atoms with Crippen molar-refractivity contribution < 1.29 is 14.4 Å². The number of hydrogen-bond donors (Lipinski definition) is 0. The van der Waals surface area contributed by atoms with Crippen molar-refractivity contribution in [2.45, 2.75) is 19.1 Å². The van der Waals surface area contributed by atoms with Gasteiger partial charge in [-0.1, -0.05) is 48.0 Å². The number of carbonyl (C=O) groups is 2. The van der Waals surface area contributed by atoms with Gasteiger partial charge in [-0.15, -0.1) is 0 Å². The van der Waals surface area contributed by atoms with Crippen molar-refractivity contribution in [2.24, 2.45) is 5.92 Å². The highest BCUT2D eigenvalue weighted by atomic mass is 16.7. The topological polar surface area (TPSA) is 53.1 Å². The van der Waals surface area contributed by atoms with Crippen molar-refractivity contribution in [1.82, 2.24) is 0 Å². The zero-order valence-electron chi connectivity index (χ0n) is 18.3. The second-order valence-corrected chi connectivity index (χ2v) is 8.49. The van der Waals surface area contributed by atoms with Crippen LogP contribution in [0.15, 0.2) is 78.9 Å². The zero-order chi connectivity index (χ0) is 22.4. The minimum atomic E-state index is -0.859. The first-order chi connectivity index (χ1) is 15.5. The molecular formula is C26H25N3O3. The highest BCUT2D eigenvalue weighted by Crippen LogP contribution is 2.47. The standard InChI is InChI=1S/C26H25N3O3/c1-17-9-13-20(14-10-17)28-25(30)22-23(18-11-15-19(16-12-18)27(2)3)29(32-24(22)26(28)31)21-7-5-4-6-8-21/h4-16,22-24H,1-3H3. The van der Waals surface area contributed by atoms with Gasteiger partial charge in [-0.2, -0.15) is 0 Å². The second kappa shape index (κ2) is 7.80. The maximum Gasteiger partial charge on any atom is 0.266 e. The Morgan fingerprint density at radius 1 is 0.781 bits per heavy atom. The fraction of sp³-hybridized carbons (Fsp3) is 0.231. The molecule has 2 amide bonds. The zero-order valence-corrected chi connectivity index (χ0v) is 18.3. The molecule has 2 fully saturated rings. The third-order valence-electron chi connectivity index (χ3n) is 6.17. The molecule has 5 rings (SSSR count). The Kier molecular flexibility index (Phi) is 4.94. The van der Waals surface area contributed by atoms with Crippen LogP contribution in [-0.2, 0) is 14.4 Å². The number of fused-ring (bicyclic) bond motifs is 1. The van der Waals surface area contributed by atoms with E-state index in [-0.39, 0.29) is 11.8 Å². The van der Waals surface area contributed by atoms with E-state index in [1.54, 1.807) is 5.06 Å². The summed E-state index contributed by atoms with van der Waals surface area (Å²) in [7, 11) is 3.97. The lowest BCUT2D eigenvalue weighted by Crippen LogP contribution is -2.37. The van der Waals surface area contributed by atoms with Gasteiger partial charge in [-0.25, -0.2) is 9.96 Å². The summed E-state index contributed by atoms with van der Waals surface area (Å²) in [4.78, 5) is 36.4. The number of benzene rings is 3. The first-order valence-electron chi connectivity index (χ1n) is 10.7. The fourth-order valence-corrected chi connectivity index (χ4v) is 4.47. The molecule has 2 aliphatic rings. The molecule has 0 bridgehead atoms. The third kappa shape index (κ3) is 3.24. The van der Waals surface area contributed by atoms with Crippen molar-refractivity contribution in [3.8, 4) is 0 Å². The van der Waals surface area contributed by atoms with Gasteiger partial charge in [0.1, 0.15) is 5.92 Å². The molecule has 0 saturated carbocycles. The molecule has 3 aromatic carbocycles. The summed E-state index contributed by atoms with van der Waals surface area (Å²) in [5, 5.41) is 1.72. The number of amides is 2. The molecule has 3 aromatic rings. The molecule has 6 heteroatoms. The first-order valence-corrected chi connectivity index (χ1v) is 10.7. The van der Waals surface area contributed by atoms with E-state index in [1.807, 2.05) is 105 Å². The molecule has 32 heavy (non-hydrogen) atoms. The maximum atomic E-state index is 13.6. The number of imide groups is 1. The lowest BCUT2D eigenvalue weighted by Gasteiger charge is -2.29. The van der Waals surface area contributed by atoms with Crippen LogP contribution in [0, 0.1) is 12.8 Å². The molecule has 2 saturated heterocycles. The Balaban J connectivity index is 1.56. The number of hydrogen-bond acceptors (Lipinski definition) is 5. The van der Waals surface area contributed by atoms with Gasteiger partial charge < -0.3 is 4.90 Å². The summed E-state index contributed by atoms with van der Waals surface area (Å²) in [6.45, 7) is 1.97. The van der Waals surface area contributed by atoms with Crippen LogP contribution in [0.4, 0.5) is 17.1 Å². The van der Waals surface area contributed by atoms with Crippen LogP contribution in [0.3, 0.4) is 0 Å². The molecule has 2 aliphatic heterocycles. The predicted molar refractivity (Wildman–Crippen MR) is 124 cm³/mol. The lowest BCUT2D eigenvalue weighted by atomic mass is 9.90. The molecule has 162 valence electrons. The first kappa shape index (κ1) is 20.3. The molecule has 0 aromatic heterocycles. The Bertz CT molecular complexity index is 1140. The van der Waals surface area contributed by atoms with E-state index in [2.05, 4.69) is 0 Å². The molecule has 0 aliphatic carbocycles. The third-order valence-corrected chi connectivity index (χ3v) is 6.17. The highest BCUT2D eigenvalue weighted by molar-refractivity contribution is 6.23. The number of aryl methyl sites for hydroxylation is 1. The van der Waals surface area contributed by atoms with Gasteiger partial charge in [-0.3, -0.25) is 14.4 Å². The fourth-order valence-electron chi connectivity index (χ4n) is 4.47. The number of para-hydroxylation sites is 1. The van der Waals surface area contributed by atoms with E-state index in [0.717, 1.165) is 22.5 Å². The van der Waals surface area contributed by atoms with E-state index < -0.39 is 18.1 Å². The number of nitrogens with zero attached hydrogens (tertiary/aromatic N) is 3. The molecule has 0 N–H and O–H groups in total. The monoisotopic (exact) mass is 427 g/mol. The van der Waals surface area contributed by atoms with Gasteiger partial charge in [0.05, 0.1) is 17.4 Å². The van der Waals surface area contributed by atoms with Crippen LogP contribution in [0.5, 0.6) is 0 Å². The second-order valence-electron chi connectivity index (χ2n) is 8.49. The van der Waals surface area contributed by atoms with Crippen LogP contribution in [0.25, 0.3) is 0 Å². The van der Waals surface area contributed by atoms with Gasteiger partial charge in [0.2, 0.25) is 5.91 Å². The molecule has 3 unspecified atom stereocenters. The van der Waals surface area contributed by atoms with E-state index in [1.165, 1.54) is 4.90 Å². The summed E-state index contributed by atoms with van der Waals surface area (Å²) >= 11 is 0. The van der Waals surface area contributed by atoms with Gasteiger partial charge in [0.25, 0.3) is 5.91 Å². The Labute approximate surface area is 187 Å². The maximum absolute atomic E-state index is 13.6. The number of carbonyl (C=O) groups excluding carboxylic acids is 2. The van der Waals surface area contributed by atoms with Crippen LogP contribution in [-0.4, -0.2) is 32.0 Å². The molecule has 6 nitrogen and oxygen atoms in total. The van der Waals surface area contributed by atoms with Crippen LogP contribution < -0.4 is 14.9 Å². The van der Waals surface area contributed by atoms with Crippen LogP contribution in [0.2, 0.25) is 0 Å². The quantitative estimate of drug-likeness (QED) is 0.587. The van der Waals surface area contributed by atoms with Crippen molar-refractivity contribution in [3.05, 3.63) is 90.0 Å². The summed E-state index contributed by atoms with van der Waals surface area (Å²) in [6.07, 6.45) is -0.859. The Morgan fingerprint density at radius 2 is 1.44 bits per heavy atom. The normalized spacial score (nSPS) is 22.4. The molecular weight excluding hydrogens is 402 g/mol. The van der Waals surface area contributed by atoms with E-state index in [0.29, 0.717) is 5.69 Å². The van der Waals surface area contributed by atoms with Gasteiger partial charge in [0.15, 0.2) is 6.10 Å². The average Bonchev–Trinajstić information content (AvgIpc) is 3.31. The smallest absolute Gasteiger partial charge is 0.266 e. The largest absolute Gasteiger partial charge is 0.378 e. The lowest BCUT2D eigenvalue weighted by molar-refractivity contribution is -0.126. The molecule has 0 spiro atoms. The minimum Gasteiger partial charge on any atom is -0.378 e. The Morgan fingerprint density at radius 3 is 2.06 bits per heavy atom. The van der Waals surface area contributed by atoms with Crippen LogP contribution >= 0.6 is 0 Å². The van der Waals surface area contributed by atoms with Crippen LogP contribution in [0.1, 0.15) is 17.2 Å². The van der Waals surface area contributed by atoms with Crippen molar-refractivity contribution in [2.75, 3.05) is 29.0 Å². The van der Waals surface area contributed by atoms with Crippen molar-refractivity contribution >= 4 is 28.9 Å². The minimum absolute atomic E-state index is 0.232. The molecule has 0 radical (unpaired) electrons. The molecule has 2 heterocycles. The van der Waals surface area contributed by atoms with Gasteiger partial charge >= 0.3 is 0 Å². The van der Waals surface area contributed by atoms with Gasteiger partial charge in [0, 0.05) is 19.8 Å². The van der Waals surface area contributed by atoms with E-state index in [4.69, 9.17) is 4.84 Å². The van der Waals surface area contributed by atoms with E-state index in [9.17, 15) is 9.59 Å². The average molecular weight is 428 g/mol. The summed E-state index contributed by atoms with van der Waals surface area (Å²) in [5.41, 5.74) is 4.45. The summed E-state index contributed by atoms with van der Waals surface area (Å²) in [5.74, 6) is -1.18. The van der Waals surface area contributed by atoms with Crippen molar-refractivity contribution in [3.63, 3.8) is 0 Å². The number of hydroxylamine groups is 1. The van der Waals surface area contributed by atoms with Crippen molar-refractivity contribution in [1.29, 1.82) is 0 Å². The predicted octanol–water partition coefficient (Wildman–Crippen LogP) is 4.11. The SMILES string of the molecule is Cc1ccc(N2C(=O)C3ON(c4ccccc4)C(c4ccc(N(C)C)cc4)C3C2=O)cc1. The highest BCUT2D eigenvalue weighted by Gasteiger charge is 2.60. The number of rotatable bonds is 4. The number of anilines is 3. The van der Waals surface area contributed by atoms with Gasteiger partial charge in [-0.05, 0) is 48.9 Å². The Hall–Kier alpha value is -3.64. The summed E-state index contributed by atoms with van der Waals surface area (Å²) in [6, 6.07) is 24.7. The molecule has 3 atom stereocenters. The summed E-state index contributed by atoms with van der Waals surface area (Å²) < 4.78 is 0.